The molecule has 0 amide bonds. The first-order valence-corrected chi connectivity index (χ1v) is 13.3. The van der Waals surface area contributed by atoms with Gasteiger partial charge in [-0.1, -0.05) is 94.7 Å². The van der Waals surface area contributed by atoms with Crippen molar-refractivity contribution in [2.75, 3.05) is 26.4 Å². The third-order valence-corrected chi connectivity index (χ3v) is 5.43. The van der Waals surface area contributed by atoms with Crippen molar-refractivity contribution in [2.45, 2.75) is 71.1 Å². The highest BCUT2D eigenvalue weighted by atomic mass is 16.6. The Hall–Kier alpha value is -3.19. The van der Waals surface area contributed by atoms with Crippen LogP contribution in [0.2, 0.25) is 0 Å². The molecule has 204 valence electrons. The predicted octanol–water partition coefficient (Wildman–Crippen LogP) is 6.71. The third-order valence-electron chi connectivity index (χ3n) is 5.43. The smallest absolute Gasteiger partial charge is 0.338 e. The molecule has 2 rings (SSSR count). The summed E-state index contributed by atoms with van der Waals surface area (Å²) in [5.41, 5.74) is 1.01. The van der Waals surface area contributed by atoms with E-state index in [-0.39, 0.29) is 38.4 Å². The van der Waals surface area contributed by atoms with E-state index in [1.165, 1.54) is 44.9 Å². The first-order valence-electron chi connectivity index (χ1n) is 13.3. The highest BCUT2D eigenvalue weighted by molar-refractivity contribution is 5.89. The van der Waals surface area contributed by atoms with Gasteiger partial charge in [0.1, 0.15) is 13.2 Å². The Bertz CT molecular complexity index is 797. The van der Waals surface area contributed by atoms with Crippen LogP contribution in [0.15, 0.2) is 60.7 Å². The maximum atomic E-state index is 11.6. The zero-order valence-corrected chi connectivity index (χ0v) is 22.1. The van der Waals surface area contributed by atoms with Crippen LogP contribution in [0.4, 0.5) is 0 Å². The normalized spacial score (nSPS) is 10.2. The molecule has 2 aromatic rings. The number of carboxylic acids is 1. The van der Waals surface area contributed by atoms with Crippen molar-refractivity contribution in [3.63, 3.8) is 0 Å². The molecule has 0 fully saturated rings. The molecule has 0 bridgehead atoms. The topological polar surface area (TPSA) is 99.1 Å². The summed E-state index contributed by atoms with van der Waals surface area (Å²) in [4.78, 5) is 33.5. The maximum Gasteiger partial charge on any atom is 0.338 e. The molecule has 7 nitrogen and oxygen atoms in total. The molecule has 0 spiro atoms. The summed E-state index contributed by atoms with van der Waals surface area (Å²) in [6.45, 7) is 3.04. The van der Waals surface area contributed by atoms with Crippen molar-refractivity contribution in [2.24, 2.45) is 0 Å². The Morgan fingerprint density at radius 2 is 1.00 bits per heavy atom. The van der Waals surface area contributed by atoms with Gasteiger partial charge >= 0.3 is 17.9 Å². The zero-order valence-electron chi connectivity index (χ0n) is 22.1. The Morgan fingerprint density at radius 3 is 1.41 bits per heavy atom. The number of carbonyl (C=O) groups excluding carboxylic acids is 2. The van der Waals surface area contributed by atoms with E-state index in [0.717, 1.165) is 12.8 Å². The molecule has 37 heavy (non-hydrogen) atoms. The van der Waals surface area contributed by atoms with Crippen molar-refractivity contribution < 1.29 is 33.7 Å². The molecule has 7 heteroatoms. The molecule has 0 heterocycles. The van der Waals surface area contributed by atoms with Gasteiger partial charge in [-0.3, -0.25) is 4.79 Å². The van der Waals surface area contributed by atoms with Gasteiger partial charge in [-0.15, -0.1) is 0 Å². The van der Waals surface area contributed by atoms with E-state index < -0.39 is 5.97 Å². The summed E-state index contributed by atoms with van der Waals surface area (Å²) in [7, 11) is 0. The van der Waals surface area contributed by atoms with Crippen LogP contribution in [0.5, 0.6) is 0 Å². The number of unbranched alkanes of at least 4 members (excludes halogenated alkanes) is 8. The summed E-state index contributed by atoms with van der Waals surface area (Å²) in [6.07, 6.45) is 11.5. The molecule has 0 saturated carbocycles. The fourth-order valence-corrected chi connectivity index (χ4v) is 3.39. The van der Waals surface area contributed by atoms with Crippen LogP contribution < -0.4 is 0 Å². The standard InChI is InChI=1S/C18H18O5.C12H24O2/c19-17(15-7-3-1-4-8-15)22-13-11-21-12-14-23-18(20)16-9-5-2-6-10-16;1-2-3-4-5-6-7-8-9-10-11-12(13)14/h1-10H,11-14H2;2-11H2,1H3,(H,13,14). The van der Waals surface area contributed by atoms with E-state index in [2.05, 4.69) is 6.92 Å². The Morgan fingerprint density at radius 1 is 0.595 bits per heavy atom. The number of rotatable bonds is 18. The second-order valence-electron chi connectivity index (χ2n) is 8.59. The van der Waals surface area contributed by atoms with Gasteiger partial charge < -0.3 is 19.3 Å². The highest BCUT2D eigenvalue weighted by Crippen LogP contribution is 2.10. The van der Waals surface area contributed by atoms with E-state index in [9.17, 15) is 14.4 Å². The van der Waals surface area contributed by atoms with Crippen LogP contribution in [-0.4, -0.2) is 49.4 Å². The third kappa shape index (κ3) is 17.8. The van der Waals surface area contributed by atoms with Gasteiger partial charge in [-0.05, 0) is 30.7 Å². The van der Waals surface area contributed by atoms with E-state index in [4.69, 9.17) is 19.3 Å². The maximum absolute atomic E-state index is 11.6. The van der Waals surface area contributed by atoms with Crippen LogP contribution in [0.1, 0.15) is 91.8 Å². The number of hydrogen-bond acceptors (Lipinski definition) is 6. The monoisotopic (exact) mass is 514 g/mol. The predicted molar refractivity (Wildman–Crippen MR) is 144 cm³/mol. The van der Waals surface area contributed by atoms with Gasteiger partial charge in [0.15, 0.2) is 0 Å². The lowest BCUT2D eigenvalue weighted by molar-refractivity contribution is -0.137. The second kappa shape index (κ2) is 22.0. The largest absolute Gasteiger partial charge is 0.481 e. The number of aliphatic carboxylic acids is 1. The van der Waals surface area contributed by atoms with Crippen LogP contribution in [0.3, 0.4) is 0 Å². The molecule has 0 saturated heterocycles. The van der Waals surface area contributed by atoms with Gasteiger partial charge in [-0.25, -0.2) is 9.59 Å². The first kappa shape index (κ1) is 31.8. The van der Waals surface area contributed by atoms with Gasteiger partial charge in [0.25, 0.3) is 0 Å². The summed E-state index contributed by atoms with van der Waals surface area (Å²) in [6, 6.07) is 17.5. The van der Waals surface area contributed by atoms with Crippen LogP contribution in [0, 0.1) is 0 Å². The average Bonchev–Trinajstić information content (AvgIpc) is 2.92. The fourth-order valence-electron chi connectivity index (χ4n) is 3.39. The lowest BCUT2D eigenvalue weighted by Crippen LogP contribution is -2.14. The SMILES string of the molecule is CCCCCCCCCCCC(=O)O.O=C(OCCOCCOC(=O)c1ccccc1)c1ccccc1. The van der Waals surface area contributed by atoms with Crippen molar-refractivity contribution in [3.05, 3.63) is 71.8 Å². The summed E-state index contributed by atoms with van der Waals surface area (Å²) >= 11 is 0. The van der Waals surface area contributed by atoms with Crippen molar-refractivity contribution in [1.29, 1.82) is 0 Å². The van der Waals surface area contributed by atoms with E-state index in [0.29, 0.717) is 17.5 Å². The molecule has 0 aliphatic rings. The van der Waals surface area contributed by atoms with Crippen LogP contribution >= 0.6 is 0 Å². The zero-order chi connectivity index (χ0) is 27.0. The van der Waals surface area contributed by atoms with Crippen molar-refractivity contribution in [1.82, 2.24) is 0 Å². The number of carbonyl (C=O) groups is 3. The van der Waals surface area contributed by atoms with Gasteiger partial charge in [-0.2, -0.15) is 0 Å². The lowest BCUT2D eigenvalue weighted by Gasteiger charge is -2.07. The minimum atomic E-state index is -0.659. The van der Waals surface area contributed by atoms with Crippen LogP contribution in [0.25, 0.3) is 0 Å². The Balaban J connectivity index is 0.000000422. The van der Waals surface area contributed by atoms with Crippen LogP contribution in [-0.2, 0) is 19.0 Å². The van der Waals surface area contributed by atoms with Crippen molar-refractivity contribution >= 4 is 17.9 Å². The lowest BCUT2D eigenvalue weighted by atomic mass is 10.1. The molecule has 0 radical (unpaired) electrons. The first-order chi connectivity index (χ1) is 18.0. The minimum Gasteiger partial charge on any atom is -0.481 e. The molecule has 0 aliphatic carbocycles. The average molecular weight is 515 g/mol. The summed E-state index contributed by atoms with van der Waals surface area (Å²) < 4.78 is 15.4. The molecule has 0 unspecified atom stereocenters. The van der Waals surface area contributed by atoms with Gasteiger partial charge in [0.05, 0.1) is 24.3 Å². The molecule has 2 aromatic carbocycles. The molecular formula is C30H42O7. The quantitative estimate of drug-likeness (QED) is 0.174. The summed E-state index contributed by atoms with van der Waals surface area (Å²) in [5, 5.41) is 8.41. The van der Waals surface area contributed by atoms with Gasteiger partial charge in [0, 0.05) is 6.42 Å². The summed E-state index contributed by atoms with van der Waals surface area (Å²) in [5.74, 6) is -1.43. The number of esters is 2. The number of hydrogen-bond donors (Lipinski definition) is 1. The second-order valence-corrected chi connectivity index (χ2v) is 8.59. The van der Waals surface area contributed by atoms with E-state index in [1.807, 2.05) is 12.1 Å². The number of benzene rings is 2. The molecule has 0 aliphatic heterocycles. The Kier molecular flexibility index (Phi) is 19.0. The molecule has 0 atom stereocenters. The number of ether oxygens (including phenoxy) is 3. The molecule has 1 N–H and O–H groups in total. The number of carboxylic acid groups (broad SMARTS) is 1. The van der Waals surface area contributed by atoms with E-state index in [1.54, 1.807) is 48.5 Å². The van der Waals surface area contributed by atoms with E-state index >= 15 is 0 Å². The molecule has 0 aromatic heterocycles. The highest BCUT2D eigenvalue weighted by Gasteiger charge is 2.06. The molecular weight excluding hydrogens is 472 g/mol. The fraction of sp³-hybridized carbons (Fsp3) is 0.500. The minimum absolute atomic E-state index is 0.153. The van der Waals surface area contributed by atoms with Gasteiger partial charge in [0.2, 0.25) is 0 Å². The van der Waals surface area contributed by atoms with Crippen molar-refractivity contribution in [3.8, 4) is 0 Å². The Labute approximate surface area is 221 Å².